The van der Waals surface area contributed by atoms with Gasteiger partial charge in [0.25, 0.3) is 0 Å². The van der Waals surface area contributed by atoms with Gasteiger partial charge in [0.1, 0.15) is 10.8 Å². The Balaban J connectivity index is 2.64. The van der Waals surface area contributed by atoms with Gasteiger partial charge in [-0.1, -0.05) is 25.2 Å². The first-order chi connectivity index (χ1) is 8.97. The summed E-state index contributed by atoms with van der Waals surface area (Å²) in [5.41, 5.74) is 6.51. The molecule has 3 N–H and O–H groups in total. The second kappa shape index (κ2) is 7.40. The molecule has 0 spiro atoms. The highest BCUT2D eigenvalue weighted by Crippen LogP contribution is 2.18. The normalized spacial score (nSPS) is 12.5. The minimum absolute atomic E-state index is 0.0795. The molecule has 0 aliphatic heterocycles. The molecule has 0 amide bonds. The highest BCUT2D eigenvalue weighted by molar-refractivity contribution is 7.80. The number of rotatable bonds is 7. The van der Waals surface area contributed by atoms with Crippen molar-refractivity contribution in [2.45, 2.75) is 26.3 Å². The molecule has 0 saturated carbocycles. The van der Waals surface area contributed by atoms with Crippen LogP contribution in [0, 0.1) is 5.82 Å². The van der Waals surface area contributed by atoms with E-state index in [1.807, 2.05) is 0 Å². The lowest BCUT2D eigenvalue weighted by molar-refractivity contribution is 0.261. The van der Waals surface area contributed by atoms with Crippen LogP contribution in [0.5, 0.6) is 0 Å². The Bertz CT molecular complexity index is 437. The van der Waals surface area contributed by atoms with Crippen LogP contribution < -0.4 is 11.1 Å². The molecule has 0 radical (unpaired) electrons. The molecule has 0 aromatic heterocycles. The van der Waals surface area contributed by atoms with Crippen molar-refractivity contribution in [2.24, 2.45) is 5.73 Å². The van der Waals surface area contributed by atoms with Gasteiger partial charge < -0.3 is 16.0 Å². The summed E-state index contributed by atoms with van der Waals surface area (Å²) in [7, 11) is 2.08. The van der Waals surface area contributed by atoms with Crippen molar-refractivity contribution in [3.05, 3.63) is 29.6 Å². The molecule has 0 aliphatic carbocycles. The third-order valence-corrected chi connectivity index (χ3v) is 3.59. The number of halogens is 1. The fourth-order valence-electron chi connectivity index (χ4n) is 1.82. The molecule has 1 rings (SSSR count). The van der Waals surface area contributed by atoms with E-state index in [1.54, 1.807) is 12.1 Å². The first-order valence-corrected chi connectivity index (χ1v) is 6.90. The molecule has 1 atom stereocenters. The second-order valence-electron chi connectivity index (χ2n) is 4.69. The molecular weight excluding hydrogens is 261 g/mol. The molecule has 0 aliphatic rings. The zero-order chi connectivity index (χ0) is 14.4. The fraction of sp³-hybridized carbons (Fsp3) is 0.500. The summed E-state index contributed by atoms with van der Waals surface area (Å²) < 4.78 is 13.7. The van der Waals surface area contributed by atoms with Crippen molar-refractivity contribution in [3.8, 4) is 0 Å². The molecule has 0 fully saturated rings. The van der Waals surface area contributed by atoms with E-state index >= 15 is 0 Å². The fourth-order valence-corrected chi connectivity index (χ4v) is 2.03. The van der Waals surface area contributed by atoms with Gasteiger partial charge in [0.2, 0.25) is 0 Å². The summed E-state index contributed by atoms with van der Waals surface area (Å²) in [6.07, 6.45) is 1.11. The number of hydrogen-bond donors (Lipinski definition) is 2. The van der Waals surface area contributed by atoms with Crippen LogP contribution in [0.3, 0.4) is 0 Å². The standard InChI is InChI=1S/C14H22FN3S/c1-4-10(2)18(3)9-8-17-12-7-5-6-11(15)13(12)14(16)19/h5-7,10,17H,4,8-9H2,1-3H3,(H2,16,19). The Morgan fingerprint density at radius 2 is 2.21 bits per heavy atom. The number of hydrogen-bond acceptors (Lipinski definition) is 3. The van der Waals surface area contributed by atoms with E-state index < -0.39 is 0 Å². The van der Waals surface area contributed by atoms with E-state index in [2.05, 4.69) is 31.1 Å². The summed E-state index contributed by atoms with van der Waals surface area (Å²) in [5, 5.41) is 3.20. The molecular formula is C14H22FN3S. The van der Waals surface area contributed by atoms with E-state index in [0.29, 0.717) is 17.3 Å². The van der Waals surface area contributed by atoms with Crippen LogP contribution in [-0.4, -0.2) is 36.1 Å². The number of nitrogens with one attached hydrogen (secondary N) is 1. The van der Waals surface area contributed by atoms with Gasteiger partial charge in [-0.2, -0.15) is 0 Å². The Labute approximate surface area is 120 Å². The minimum atomic E-state index is -0.382. The van der Waals surface area contributed by atoms with Crippen molar-refractivity contribution in [1.82, 2.24) is 4.90 Å². The molecule has 0 bridgehead atoms. The third-order valence-electron chi connectivity index (χ3n) is 3.38. The van der Waals surface area contributed by atoms with Crippen molar-refractivity contribution in [1.29, 1.82) is 0 Å². The smallest absolute Gasteiger partial charge is 0.135 e. The molecule has 3 nitrogen and oxygen atoms in total. The van der Waals surface area contributed by atoms with Crippen molar-refractivity contribution in [3.63, 3.8) is 0 Å². The first kappa shape index (κ1) is 15.9. The van der Waals surface area contributed by atoms with Crippen LogP contribution in [-0.2, 0) is 0 Å². The third kappa shape index (κ3) is 4.44. The topological polar surface area (TPSA) is 41.3 Å². The van der Waals surface area contributed by atoms with Crippen LogP contribution in [0.25, 0.3) is 0 Å². The van der Waals surface area contributed by atoms with Crippen molar-refractivity contribution in [2.75, 3.05) is 25.5 Å². The monoisotopic (exact) mass is 283 g/mol. The molecule has 0 saturated heterocycles. The molecule has 5 heteroatoms. The first-order valence-electron chi connectivity index (χ1n) is 6.49. The van der Waals surface area contributed by atoms with E-state index in [9.17, 15) is 4.39 Å². The van der Waals surface area contributed by atoms with Gasteiger partial charge in [0.15, 0.2) is 0 Å². The lowest BCUT2D eigenvalue weighted by Gasteiger charge is -2.24. The minimum Gasteiger partial charge on any atom is -0.389 e. The second-order valence-corrected chi connectivity index (χ2v) is 5.13. The van der Waals surface area contributed by atoms with Gasteiger partial charge in [-0.15, -0.1) is 0 Å². The highest BCUT2D eigenvalue weighted by Gasteiger charge is 2.11. The Hall–Kier alpha value is -1.20. The SMILES string of the molecule is CCC(C)N(C)CCNc1cccc(F)c1C(N)=S. The van der Waals surface area contributed by atoms with Crippen LogP contribution in [0.2, 0.25) is 0 Å². The van der Waals surface area contributed by atoms with E-state index in [0.717, 1.165) is 19.5 Å². The molecule has 0 heterocycles. The van der Waals surface area contributed by atoms with Gasteiger partial charge in [-0.05, 0) is 32.5 Å². The molecule has 1 unspecified atom stereocenters. The summed E-state index contributed by atoms with van der Waals surface area (Å²) in [6.45, 7) is 5.94. The van der Waals surface area contributed by atoms with Crippen LogP contribution in [0.15, 0.2) is 18.2 Å². The van der Waals surface area contributed by atoms with E-state index in [1.165, 1.54) is 6.07 Å². The lowest BCUT2D eigenvalue weighted by Crippen LogP contribution is -2.33. The predicted octanol–water partition coefficient (Wildman–Crippen LogP) is 2.60. The Kier molecular flexibility index (Phi) is 6.18. The highest BCUT2D eigenvalue weighted by atomic mass is 32.1. The Morgan fingerprint density at radius 1 is 1.53 bits per heavy atom. The zero-order valence-electron chi connectivity index (χ0n) is 11.7. The molecule has 19 heavy (non-hydrogen) atoms. The summed E-state index contributed by atoms with van der Waals surface area (Å²) >= 11 is 4.89. The maximum absolute atomic E-state index is 13.7. The largest absolute Gasteiger partial charge is 0.389 e. The van der Waals surface area contributed by atoms with Crippen LogP contribution in [0.4, 0.5) is 10.1 Å². The summed E-state index contributed by atoms with van der Waals surface area (Å²) in [5.74, 6) is -0.382. The van der Waals surface area contributed by atoms with E-state index in [4.69, 9.17) is 18.0 Å². The summed E-state index contributed by atoms with van der Waals surface area (Å²) in [4.78, 5) is 2.34. The van der Waals surface area contributed by atoms with Gasteiger partial charge in [0.05, 0.1) is 5.56 Å². The van der Waals surface area contributed by atoms with Crippen LogP contribution in [0.1, 0.15) is 25.8 Å². The number of nitrogens with two attached hydrogens (primary N) is 1. The zero-order valence-corrected chi connectivity index (χ0v) is 12.6. The molecule has 1 aromatic rings. The van der Waals surface area contributed by atoms with Gasteiger partial charge in [-0.3, -0.25) is 0 Å². The molecule has 106 valence electrons. The van der Waals surface area contributed by atoms with Gasteiger partial charge in [0, 0.05) is 24.8 Å². The quantitative estimate of drug-likeness (QED) is 0.755. The van der Waals surface area contributed by atoms with Gasteiger partial charge >= 0.3 is 0 Å². The summed E-state index contributed by atoms with van der Waals surface area (Å²) in [6, 6.07) is 5.34. The molecule has 1 aromatic carbocycles. The number of anilines is 1. The Morgan fingerprint density at radius 3 is 2.79 bits per heavy atom. The predicted molar refractivity (Wildman–Crippen MR) is 83.2 cm³/mol. The van der Waals surface area contributed by atoms with Gasteiger partial charge in [-0.25, -0.2) is 4.39 Å². The van der Waals surface area contributed by atoms with Crippen LogP contribution >= 0.6 is 12.2 Å². The maximum atomic E-state index is 13.7. The average molecular weight is 283 g/mol. The van der Waals surface area contributed by atoms with Crippen molar-refractivity contribution < 1.29 is 4.39 Å². The lowest BCUT2D eigenvalue weighted by atomic mass is 10.1. The number of benzene rings is 1. The average Bonchev–Trinajstić information content (AvgIpc) is 2.37. The van der Waals surface area contributed by atoms with Crippen molar-refractivity contribution >= 4 is 22.9 Å². The number of likely N-dealkylation sites (N-methyl/N-ethyl adjacent to an activating group) is 1. The van der Waals surface area contributed by atoms with E-state index in [-0.39, 0.29) is 10.8 Å². The number of nitrogens with zero attached hydrogens (tertiary/aromatic N) is 1. The number of thiocarbonyl (C=S) groups is 1. The maximum Gasteiger partial charge on any atom is 0.135 e.